The number of carbonyl (C=O) groups excluding carboxylic acids is 3. The molecule has 0 saturated carbocycles. The average Bonchev–Trinajstić information content (AvgIpc) is 3.18. The molecule has 118 valence electrons. The Morgan fingerprint density at radius 1 is 1.30 bits per heavy atom. The highest BCUT2D eigenvalue weighted by Gasteiger charge is 2.27. The van der Waals surface area contributed by atoms with Gasteiger partial charge in [-0.15, -0.1) is 0 Å². The lowest BCUT2D eigenvalue weighted by Gasteiger charge is -2.11. The Balaban J connectivity index is 1.56. The van der Waals surface area contributed by atoms with Crippen molar-refractivity contribution in [2.45, 2.75) is 0 Å². The highest BCUT2D eigenvalue weighted by Crippen LogP contribution is 2.18. The van der Waals surface area contributed by atoms with Gasteiger partial charge in [0.25, 0.3) is 5.91 Å². The predicted octanol–water partition coefficient (Wildman–Crippen LogP) is 0.623. The molecule has 1 aromatic heterocycles. The summed E-state index contributed by atoms with van der Waals surface area (Å²) in [5.74, 6) is -0.692. The van der Waals surface area contributed by atoms with Crippen molar-refractivity contribution in [1.29, 1.82) is 0 Å². The fourth-order valence-corrected chi connectivity index (χ4v) is 2.18. The number of imide groups is 1. The largest absolute Gasteiger partial charge is 0.350 e. The molecule has 1 fully saturated rings. The highest BCUT2D eigenvalue weighted by molar-refractivity contribution is 6.02. The van der Waals surface area contributed by atoms with Crippen LogP contribution >= 0.6 is 0 Å². The third kappa shape index (κ3) is 3.20. The first-order valence-corrected chi connectivity index (χ1v) is 7.03. The number of carbonyl (C=O) groups is 3. The molecule has 1 saturated heterocycles. The van der Waals surface area contributed by atoms with Gasteiger partial charge in [0.1, 0.15) is 5.69 Å². The van der Waals surface area contributed by atoms with Gasteiger partial charge in [-0.05, 0) is 0 Å². The Kier molecular flexibility index (Phi) is 4.05. The van der Waals surface area contributed by atoms with Crippen LogP contribution in [0.25, 0.3) is 11.3 Å². The van der Waals surface area contributed by atoms with Crippen molar-refractivity contribution in [3.05, 3.63) is 42.2 Å². The van der Waals surface area contributed by atoms with Crippen LogP contribution in [0, 0.1) is 0 Å². The summed E-state index contributed by atoms with van der Waals surface area (Å²) in [5, 5.41) is 8.84. The first-order valence-electron chi connectivity index (χ1n) is 7.03. The maximum atomic E-state index is 12.0. The molecule has 1 aliphatic heterocycles. The SMILES string of the molecule is O=C(NCCN1C(=O)CNC1=O)c1cc(-c2ccccc2)no1. The Morgan fingerprint density at radius 3 is 2.78 bits per heavy atom. The standard InChI is InChI=1S/C15H14N4O4/c20-13-9-17-15(22)19(13)7-6-16-14(21)12-8-11(18-23-12)10-4-2-1-3-5-10/h1-5,8H,6-7,9H2,(H,16,21)(H,17,22). The zero-order valence-electron chi connectivity index (χ0n) is 12.1. The average molecular weight is 314 g/mol. The van der Waals surface area contributed by atoms with Gasteiger partial charge < -0.3 is 15.2 Å². The van der Waals surface area contributed by atoms with Crippen LogP contribution in [0.2, 0.25) is 0 Å². The summed E-state index contributed by atoms with van der Waals surface area (Å²) in [7, 11) is 0. The fourth-order valence-electron chi connectivity index (χ4n) is 2.18. The van der Waals surface area contributed by atoms with Crippen molar-refractivity contribution in [1.82, 2.24) is 20.7 Å². The normalized spacial score (nSPS) is 14.0. The third-order valence-electron chi connectivity index (χ3n) is 3.36. The van der Waals surface area contributed by atoms with E-state index in [0.717, 1.165) is 10.5 Å². The van der Waals surface area contributed by atoms with Crippen LogP contribution < -0.4 is 10.6 Å². The van der Waals surface area contributed by atoms with Crippen LogP contribution in [0.1, 0.15) is 10.6 Å². The van der Waals surface area contributed by atoms with Gasteiger partial charge >= 0.3 is 6.03 Å². The second-order valence-corrected chi connectivity index (χ2v) is 4.90. The van der Waals surface area contributed by atoms with Crippen molar-refractivity contribution in [2.75, 3.05) is 19.6 Å². The van der Waals surface area contributed by atoms with Crippen molar-refractivity contribution in [3.8, 4) is 11.3 Å². The van der Waals surface area contributed by atoms with Gasteiger partial charge in [0.05, 0.1) is 6.54 Å². The van der Waals surface area contributed by atoms with E-state index in [1.807, 2.05) is 30.3 Å². The third-order valence-corrected chi connectivity index (χ3v) is 3.36. The van der Waals surface area contributed by atoms with Gasteiger partial charge in [-0.2, -0.15) is 0 Å². The second kappa shape index (κ2) is 6.30. The number of benzene rings is 1. The minimum atomic E-state index is -0.452. The highest BCUT2D eigenvalue weighted by atomic mass is 16.5. The quantitative estimate of drug-likeness (QED) is 0.787. The molecule has 0 bridgehead atoms. The number of nitrogens with zero attached hydrogens (tertiary/aromatic N) is 2. The predicted molar refractivity (Wildman–Crippen MR) is 79.4 cm³/mol. The Morgan fingerprint density at radius 2 is 2.09 bits per heavy atom. The Bertz CT molecular complexity index is 725. The zero-order chi connectivity index (χ0) is 16.2. The molecular weight excluding hydrogens is 300 g/mol. The number of hydrogen-bond donors (Lipinski definition) is 2. The molecule has 2 heterocycles. The Hall–Kier alpha value is -3.16. The van der Waals surface area contributed by atoms with Crippen molar-refractivity contribution in [3.63, 3.8) is 0 Å². The van der Waals surface area contributed by atoms with E-state index in [0.29, 0.717) is 5.69 Å². The number of nitrogens with one attached hydrogen (secondary N) is 2. The minimum Gasteiger partial charge on any atom is -0.350 e. The van der Waals surface area contributed by atoms with E-state index in [1.54, 1.807) is 6.07 Å². The summed E-state index contributed by atoms with van der Waals surface area (Å²) < 4.78 is 5.02. The molecule has 0 radical (unpaired) electrons. The summed E-state index contributed by atoms with van der Waals surface area (Å²) >= 11 is 0. The van der Waals surface area contributed by atoms with Crippen molar-refractivity contribution < 1.29 is 18.9 Å². The topological polar surface area (TPSA) is 105 Å². The maximum Gasteiger partial charge on any atom is 0.324 e. The lowest BCUT2D eigenvalue weighted by molar-refractivity contribution is -0.124. The van der Waals surface area contributed by atoms with E-state index in [1.165, 1.54) is 0 Å². The van der Waals surface area contributed by atoms with Gasteiger partial charge in [-0.25, -0.2) is 4.79 Å². The molecule has 0 atom stereocenters. The second-order valence-electron chi connectivity index (χ2n) is 4.90. The summed E-state index contributed by atoms with van der Waals surface area (Å²) in [4.78, 5) is 35.8. The molecule has 1 aromatic carbocycles. The van der Waals surface area contributed by atoms with E-state index < -0.39 is 11.9 Å². The number of aromatic nitrogens is 1. The van der Waals surface area contributed by atoms with Gasteiger partial charge in [-0.1, -0.05) is 35.5 Å². The molecule has 1 aliphatic rings. The van der Waals surface area contributed by atoms with E-state index in [2.05, 4.69) is 15.8 Å². The van der Waals surface area contributed by atoms with Crippen LogP contribution in [-0.4, -0.2) is 47.5 Å². The van der Waals surface area contributed by atoms with Crippen molar-refractivity contribution >= 4 is 17.8 Å². The smallest absolute Gasteiger partial charge is 0.324 e. The molecule has 0 spiro atoms. The molecule has 2 aromatic rings. The van der Waals surface area contributed by atoms with E-state index in [4.69, 9.17) is 4.52 Å². The molecule has 0 aliphatic carbocycles. The Labute approximate surface area is 131 Å². The lowest BCUT2D eigenvalue weighted by Crippen LogP contribution is -2.38. The molecular formula is C15H14N4O4. The molecule has 23 heavy (non-hydrogen) atoms. The van der Waals surface area contributed by atoms with Crippen LogP contribution in [0.4, 0.5) is 4.79 Å². The van der Waals surface area contributed by atoms with Gasteiger partial charge in [0.15, 0.2) is 0 Å². The monoisotopic (exact) mass is 314 g/mol. The first-order chi connectivity index (χ1) is 11.1. The molecule has 2 N–H and O–H groups in total. The van der Waals surface area contributed by atoms with E-state index in [-0.39, 0.29) is 31.3 Å². The van der Waals surface area contributed by atoms with Crippen LogP contribution in [0.15, 0.2) is 40.9 Å². The molecule has 8 heteroatoms. The maximum absolute atomic E-state index is 12.0. The number of rotatable bonds is 5. The molecule has 4 amide bonds. The summed E-state index contributed by atoms with van der Waals surface area (Å²) in [6.45, 7) is 0.241. The molecule has 8 nitrogen and oxygen atoms in total. The zero-order valence-corrected chi connectivity index (χ0v) is 12.1. The van der Waals surface area contributed by atoms with Gasteiger partial charge in [-0.3, -0.25) is 14.5 Å². The van der Waals surface area contributed by atoms with Crippen LogP contribution in [0.5, 0.6) is 0 Å². The number of amides is 4. The van der Waals surface area contributed by atoms with E-state index in [9.17, 15) is 14.4 Å². The summed E-state index contributed by atoms with van der Waals surface area (Å²) in [5.41, 5.74) is 1.40. The molecule has 3 rings (SSSR count). The van der Waals surface area contributed by atoms with Crippen molar-refractivity contribution in [2.24, 2.45) is 0 Å². The van der Waals surface area contributed by atoms with Crippen LogP contribution in [0.3, 0.4) is 0 Å². The minimum absolute atomic E-state index is 0.00464. The summed E-state index contributed by atoms with van der Waals surface area (Å²) in [6.07, 6.45) is 0. The lowest BCUT2D eigenvalue weighted by atomic mass is 10.1. The first kappa shape index (κ1) is 14.8. The van der Waals surface area contributed by atoms with Gasteiger partial charge in [0.2, 0.25) is 11.7 Å². The van der Waals surface area contributed by atoms with E-state index >= 15 is 0 Å². The van der Waals surface area contributed by atoms with Crippen LogP contribution in [-0.2, 0) is 4.79 Å². The number of hydrogen-bond acceptors (Lipinski definition) is 5. The summed E-state index contributed by atoms with van der Waals surface area (Å²) in [6, 6.07) is 10.4. The molecule has 0 unspecified atom stereocenters. The fraction of sp³-hybridized carbons (Fsp3) is 0.200. The van der Waals surface area contributed by atoms with Gasteiger partial charge in [0, 0.05) is 24.7 Å². The number of urea groups is 1.